The van der Waals surface area contributed by atoms with E-state index in [1.54, 1.807) is 41.0 Å². The van der Waals surface area contributed by atoms with Gasteiger partial charge in [-0.15, -0.1) is 22.7 Å². The molecule has 3 heterocycles. The molecule has 7 nitrogen and oxygen atoms in total. The molecule has 0 unspecified atom stereocenters. The van der Waals surface area contributed by atoms with Gasteiger partial charge in [0.25, 0.3) is 0 Å². The molecule has 0 aliphatic carbocycles. The van der Waals surface area contributed by atoms with E-state index >= 15 is 0 Å². The van der Waals surface area contributed by atoms with Crippen LogP contribution in [0.5, 0.6) is 5.75 Å². The van der Waals surface area contributed by atoms with E-state index in [-0.39, 0.29) is 12.1 Å². The van der Waals surface area contributed by atoms with Crippen molar-refractivity contribution in [3.05, 3.63) is 34.8 Å². The minimum absolute atomic E-state index is 0.0451. The van der Waals surface area contributed by atoms with E-state index < -0.39 is 5.60 Å². The van der Waals surface area contributed by atoms with Crippen molar-refractivity contribution >= 4 is 44.1 Å². The summed E-state index contributed by atoms with van der Waals surface area (Å²) >= 11 is 2.87. The van der Waals surface area contributed by atoms with Crippen molar-refractivity contribution in [1.29, 1.82) is 0 Å². The molecule has 1 aromatic carbocycles. The number of hydrogen-bond donors (Lipinski definition) is 2. The molecule has 4 rings (SSSR count). The normalized spacial score (nSPS) is 15.1. The topological polar surface area (TPSA) is 87.6 Å². The Kier molecular flexibility index (Phi) is 4.29. The van der Waals surface area contributed by atoms with Gasteiger partial charge in [-0.2, -0.15) is 0 Å². The standard InChI is InChI=1S/C17H18N4O3S2/c1-17(2,23)13-8-25-15(19-13)20-16(22)21-6-10(7-21)24-11-4-3-5-12-14(11)18-9-26-12/h3-5,8-10,23H,6-7H2,1-2H3,(H,19,20,22). The number of nitrogens with zero attached hydrogens (tertiary/aromatic N) is 3. The number of aliphatic hydroxyl groups is 1. The second kappa shape index (κ2) is 6.49. The highest BCUT2D eigenvalue weighted by molar-refractivity contribution is 7.16. The van der Waals surface area contributed by atoms with Gasteiger partial charge in [-0.25, -0.2) is 14.8 Å². The molecular weight excluding hydrogens is 372 g/mol. The molecule has 2 N–H and O–H groups in total. The van der Waals surface area contributed by atoms with Crippen LogP contribution in [0.1, 0.15) is 19.5 Å². The predicted molar refractivity (Wildman–Crippen MR) is 102 cm³/mol. The minimum atomic E-state index is -1.02. The van der Waals surface area contributed by atoms with E-state index in [1.807, 2.05) is 18.2 Å². The Morgan fingerprint density at radius 1 is 1.38 bits per heavy atom. The summed E-state index contributed by atoms with van der Waals surface area (Å²) in [5, 5.41) is 14.9. The van der Waals surface area contributed by atoms with E-state index in [9.17, 15) is 9.90 Å². The van der Waals surface area contributed by atoms with E-state index in [2.05, 4.69) is 15.3 Å². The molecule has 1 aliphatic heterocycles. The lowest BCUT2D eigenvalue weighted by molar-refractivity contribution is 0.0502. The number of fused-ring (bicyclic) bond motifs is 1. The van der Waals surface area contributed by atoms with Crippen molar-refractivity contribution < 1.29 is 14.6 Å². The summed E-state index contributed by atoms with van der Waals surface area (Å²) in [6.07, 6.45) is -0.0451. The molecule has 26 heavy (non-hydrogen) atoms. The number of amides is 2. The maximum Gasteiger partial charge on any atom is 0.323 e. The molecule has 9 heteroatoms. The molecule has 2 amide bonds. The molecule has 2 aromatic heterocycles. The Morgan fingerprint density at radius 3 is 2.92 bits per heavy atom. The zero-order valence-corrected chi connectivity index (χ0v) is 15.9. The SMILES string of the molecule is CC(C)(O)c1csc(NC(=O)N2CC(Oc3cccc4scnc34)C2)n1. The number of anilines is 1. The van der Waals surface area contributed by atoms with Crippen LogP contribution in [0.3, 0.4) is 0 Å². The first-order chi connectivity index (χ1) is 12.4. The number of aromatic nitrogens is 2. The molecule has 1 aliphatic rings. The number of para-hydroxylation sites is 1. The number of hydrogen-bond acceptors (Lipinski definition) is 7. The van der Waals surface area contributed by atoms with Gasteiger partial charge in [0.05, 0.1) is 29.0 Å². The summed E-state index contributed by atoms with van der Waals surface area (Å²) < 4.78 is 7.06. The molecule has 136 valence electrons. The maximum absolute atomic E-state index is 12.3. The summed E-state index contributed by atoms with van der Waals surface area (Å²) in [5.74, 6) is 0.753. The Balaban J connectivity index is 1.32. The first kappa shape index (κ1) is 17.2. The number of urea groups is 1. The highest BCUT2D eigenvalue weighted by Gasteiger charge is 2.33. The second-order valence-electron chi connectivity index (χ2n) is 6.63. The molecule has 0 spiro atoms. The van der Waals surface area contributed by atoms with Gasteiger partial charge in [0, 0.05) is 5.38 Å². The van der Waals surface area contributed by atoms with Crippen LogP contribution in [0.15, 0.2) is 29.1 Å². The van der Waals surface area contributed by atoms with Crippen LogP contribution in [-0.4, -0.2) is 45.2 Å². The fourth-order valence-electron chi connectivity index (χ4n) is 2.60. The van der Waals surface area contributed by atoms with Gasteiger partial charge >= 0.3 is 6.03 Å². The van der Waals surface area contributed by atoms with Crippen molar-refractivity contribution in [1.82, 2.24) is 14.9 Å². The number of carbonyl (C=O) groups is 1. The predicted octanol–water partition coefficient (Wildman–Crippen LogP) is 3.28. The fraction of sp³-hybridized carbons (Fsp3) is 0.353. The van der Waals surface area contributed by atoms with Crippen molar-refractivity contribution in [3.63, 3.8) is 0 Å². The van der Waals surface area contributed by atoms with Crippen LogP contribution >= 0.6 is 22.7 Å². The highest BCUT2D eigenvalue weighted by atomic mass is 32.1. The number of benzene rings is 1. The number of ether oxygens (including phenoxy) is 1. The third-order valence-electron chi connectivity index (χ3n) is 4.10. The van der Waals surface area contributed by atoms with Crippen molar-refractivity contribution in [2.75, 3.05) is 18.4 Å². The van der Waals surface area contributed by atoms with Crippen molar-refractivity contribution in [2.45, 2.75) is 25.6 Å². The second-order valence-corrected chi connectivity index (χ2v) is 8.37. The minimum Gasteiger partial charge on any atom is -0.484 e. The molecule has 1 fully saturated rings. The summed E-state index contributed by atoms with van der Waals surface area (Å²) in [4.78, 5) is 22.5. The lowest BCUT2D eigenvalue weighted by atomic mass is 10.1. The molecule has 0 saturated carbocycles. The average molecular weight is 390 g/mol. The Morgan fingerprint density at radius 2 is 2.19 bits per heavy atom. The summed E-state index contributed by atoms with van der Waals surface area (Å²) in [6.45, 7) is 4.34. The monoisotopic (exact) mass is 390 g/mol. The maximum atomic E-state index is 12.3. The number of likely N-dealkylation sites (tertiary alicyclic amines) is 1. The van der Waals surface area contributed by atoms with E-state index in [0.29, 0.717) is 23.9 Å². The van der Waals surface area contributed by atoms with Gasteiger partial charge in [-0.05, 0) is 26.0 Å². The van der Waals surface area contributed by atoms with Gasteiger partial charge < -0.3 is 14.7 Å². The quantitative estimate of drug-likeness (QED) is 0.714. The van der Waals surface area contributed by atoms with Crippen LogP contribution in [0.2, 0.25) is 0 Å². The van der Waals surface area contributed by atoms with Gasteiger partial charge in [-0.3, -0.25) is 5.32 Å². The molecule has 0 bridgehead atoms. The number of nitrogens with one attached hydrogen (secondary N) is 1. The van der Waals surface area contributed by atoms with Gasteiger partial charge in [0.1, 0.15) is 23.0 Å². The van der Waals surface area contributed by atoms with Crippen LogP contribution in [0, 0.1) is 0 Å². The molecular formula is C17H18N4O3S2. The van der Waals surface area contributed by atoms with Crippen LogP contribution < -0.4 is 10.1 Å². The van der Waals surface area contributed by atoms with E-state index in [0.717, 1.165) is 16.0 Å². The smallest absolute Gasteiger partial charge is 0.323 e. The van der Waals surface area contributed by atoms with Crippen molar-refractivity contribution in [2.24, 2.45) is 0 Å². The zero-order chi connectivity index (χ0) is 18.3. The van der Waals surface area contributed by atoms with Gasteiger partial charge in [-0.1, -0.05) is 6.07 Å². The van der Waals surface area contributed by atoms with Crippen LogP contribution in [0.4, 0.5) is 9.93 Å². The highest BCUT2D eigenvalue weighted by Crippen LogP contribution is 2.29. The zero-order valence-electron chi connectivity index (χ0n) is 14.3. The van der Waals surface area contributed by atoms with Crippen LogP contribution in [-0.2, 0) is 5.60 Å². The largest absolute Gasteiger partial charge is 0.484 e. The molecule has 3 aromatic rings. The Bertz CT molecular complexity index is 941. The number of thiazole rings is 2. The Hall–Kier alpha value is -2.23. The molecule has 1 saturated heterocycles. The fourth-order valence-corrected chi connectivity index (χ4v) is 4.15. The molecule has 0 radical (unpaired) electrons. The summed E-state index contributed by atoms with van der Waals surface area (Å²) in [5.41, 5.74) is 2.18. The summed E-state index contributed by atoms with van der Waals surface area (Å²) in [7, 11) is 0. The summed E-state index contributed by atoms with van der Waals surface area (Å²) in [6, 6.07) is 5.64. The van der Waals surface area contributed by atoms with Gasteiger partial charge in [0.15, 0.2) is 5.13 Å². The Labute approximate surface area is 158 Å². The van der Waals surface area contributed by atoms with Crippen molar-refractivity contribution in [3.8, 4) is 5.75 Å². The van der Waals surface area contributed by atoms with E-state index in [1.165, 1.54) is 11.3 Å². The third-order valence-corrected chi connectivity index (χ3v) is 5.65. The molecule has 0 atom stereocenters. The van der Waals surface area contributed by atoms with Gasteiger partial charge in [0.2, 0.25) is 0 Å². The third kappa shape index (κ3) is 3.37. The first-order valence-corrected chi connectivity index (χ1v) is 9.89. The van der Waals surface area contributed by atoms with Crippen LogP contribution in [0.25, 0.3) is 10.2 Å². The van der Waals surface area contributed by atoms with E-state index in [4.69, 9.17) is 4.74 Å². The number of rotatable bonds is 4. The number of carbonyl (C=O) groups excluding carboxylic acids is 1. The first-order valence-electron chi connectivity index (χ1n) is 8.13. The average Bonchev–Trinajstić information content (AvgIpc) is 3.18. The lowest BCUT2D eigenvalue weighted by Gasteiger charge is -2.38. The lowest BCUT2D eigenvalue weighted by Crippen LogP contribution is -2.57.